The first-order valence-corrected chi connectivity index (χ1v) is 18.5. The van der Waals surface area contributed by atoms with Gasteiger partial charge in [0.05, 0.1) is 63.7 Å². The van der Waals surface area contributed by atoms with Crippen LogP contribution < -0.4 is 0 Å². The highest BCUT2D eigenvalue weighted by Gasteiger charge is 2.32. The van der Waals surface area contributed by atoms with Crippen molar-refractivity contribution in [3.8, 4) is 0 Å². The highest BCUT2D eigenvalue weighted by molar-refractivity contribution is 7.99. The summed E-state index contributed by atoms with van der Waals surface area (Å²) < 4.78 is 35.0. The molecule has 0 bridgehead atoms. The van der Waals surface area contributed by atoms with Crippen LogP contribution in [-0.2, 0) is 28.4 Å². The van der Waals surface area contributed by atoms with Crippen molar-refractivity contribution in [2.45, 2.75) is 38.5 Å². The smallest absolute Gasteiger partial charge is 0.0635 e. The quantitative estimate of drug-likeness (QED) is 0.0448. The lowest BCUT2D eigenvalue weighted by Gasteiger charge is -2.31. The number of hydrogen-bond acceptors (Lipinski definition) is 13. The Morgan fingerprint density at radius 1 is 0.415 bits per heavy atom. The standard InChI is InChI=1S/C28H58O8S5/c29-19-27(21-31-7-1-13-37,22-32-8-2-14-38)25-35-11-5-17-41-18-6-12-36-26-28(20-30,23-33-9-3-15-39)24-34-10-4-16-40/h29-30,37-40H,1-26H2. The van der Waals surface area contributed by atoms with Gasteiger partial charge in [-0.25, -0.2) is 0 Å². The van der Waals surface area contributed by atoms with E-state index in [0.717, 1.165) is 73.0 Å². The Morgan fingerprint density at radius 3 is 0.878 bits per heavy atom. The van der Waals surface area contributed by atoms with Gasteiger partial charge in [0.1, 0.15) is 0 Å². The van der Waals surface area contributed by atoms with Gasteiger partial charge in [-0.05, 0) is 73.0 Å². The van der Waals surface area contributed by atoms with Gasteiger partial charge in [0, 0.05) is 39.6 Å². The van der Waals surface area contributed by atoms with E-state index in [0.29, 0.717) is 79.3 Å². The zero-order valence-electron chi connectivity index (χ0n) is 24.9. The minimum absolute atomic E-state index is 0.0510. The van der Waals surface area contributed by atoms with E-state index in [1.165, 1.54) is 0 Å². The van der Waals surface area contributed by atoms with Crippen LogP contribution in [0.4, 0.5) is 0 Å². The molecule has 0 aliphatic carbocycles. The molecule has 0 amide bonds. The molecule has 0 saturated carbocycles. The Morgan fingerprint density at radius 2 is 0.659 bits per heavy atom. The summed E-state index contributed by atoms with van der Waals surface area (Å²) in [6.45, 7) is 5.96. The van der Waals surface area contributed by atoms with Gasteiger partial charge in [-0.2, -0.15) is 62.3 Å². The molecule has 0 aliphatic rings. The zero-order chi connectivity index (χ0) is 30.3. The minimum atomic E-state index is -0.559. The summed E-state index contributed by atoms with van der Waals surface area (Å²) in [5, 5.41) is 20.2. The molecule has 13 heteroatoms. The summed E-state index contributed by atoms with van der Waals surface area (Å²) in [7, 11) is 0. The van der Waals surface area contributed by atoms with Crippen LogP contribution in [0.3, 0.4) is 0 Å². The average molecular weight is 683 g/mol. The highest BCUT2D eigenvalue weighted by Crippen LogP contribution is 2.21. The van der Waals surface area contributed by atoms with Crippen molar-refractivity contribution >= 4 is 62.3 Å². The molecule has 0 saturated heterocycles. The Bertz CT molecular complexity index is 472. The predicted molar refractivity (Wildman–Crippen MR) is 184 cm³/mol. The Balaban J connectivity index is 4.23. The molecule has 0 aromatic carbocycles. The monoisotopic (exact) mass is 682 g/mol. The second kappa shape index (κ2) is 31.4. The van der Waals surface area contributed by atoms with E-state index in [1.54, 1.807) is 0 Å². The maximum absolute atomic E-state index is 10.1. The summed E-state index contributed by atoms with van der Waals surface area (Å²) in [5.74, 6) is 5.06. The van der Waals surface area contributed by atoms with Crippen molar-refractivity contribution in [3.05, 3.63) is 0 Å². The molecule has 0 radical (unpaired) electrons. The summed E-state index contributed by atoms with van der Waals surface area (Å²) >= 11 is 18.8. The van der Waals surface area contributed by atoms with Crippen LogP contribution in [0.15, 0.2) is 0 Å². The predicted octanol–water partition coefficient (Wildman–Crippen LogP) is 3.84. The van der Waals surface area contributed by atoms with Gasteiger partial charge in [-0.15, -0.1) is 0 Å². The van der Waals surface area contributed by atoms with Gasteiger partial charge < -0.3 is 38.6 Å². The van der Waals surface area contributed by atoms with Crippen molar-refractivity contribution in [2.24, 2.45) is 10.8 Å². The van der Waals surface area contributed by atoms with Crippen molar-refractivity contribution in [2.75, 3.05) is 127 Å². The first kappa shape index (κ1) is 42.4. The summed E-state index contributed by atoms with van der Waals surface area (Å²) in [6, 6.07) is 0. The molecular weight excluding hydrogens is 625 g/mol. The van der Waals surface area contributed by atoms with Crippen molar-refractivity contribution in [1.29, 1.82) is 0 Å². The molecule has 0 unspecified atom stereocenters. The molecule has 248 valence electrons. The van der Waals surface area contributed by atoms with Crippen LogP contribution in [0.5, 0.6) is 0 Å². The minimum Gasteiger partial charge on any atom is -0.396 e. The van der Waals surface area contributed by atoms with Crippen LogP contribution >= 0.6 is 62.3 Å². The highest BCUT2D eigenvalue weighted by atomic mass is 32.2. The van der Waals surface area contributed by atoms with Gasteiger partial charge in [0.25, 0.3) is 0 Å². The largest absolute Gasteiger partial charge is 0.396 e. The molecule has 41 heavy (non-hydrogen) atoms. The molecule has 0 aromatic rings. The van der Waals surface area contributed by atoms with E-state index in [-0.39, 0.29) is 13.2 Å². The van der Waals surface area contributed by atoms with Crippen molar-refractivity contribution in [3.63, 3.8) is 0 Å². The number of thioether (sulfide) groups is 1. The third-order valence-corrected chi connectivity index (χ3v) is 8.48. The normalized spacial score (nSPS) is 12.4. The number of thiol groups is 4. The maximum Gasteiger partial charge on any atom is 0.0635 e. The second-order valence-corrected chi connectivity index (χ2v) is 13.3. The van der Waals surface area contributed by atoms with Crippen molar-refractivity contribution < 1.29 is 38.6 Å². The fourth-order valence-corrected chi connectivity index (χ4v) is 4.91. The van der Waals surface area contributed by atoms with Crippen LogP contribution in [0.25, 0.3) is 0 Å². The van der Waals surface area contributed by atoms with E-state index in [1.807, 2.05) is 11.8 Å². The summed E-state index contributed by atoms with van der Waals surface area (Å²) in [4.78, 5) is 0. The Labute approximate surface area is 276 Å². The Hall–Kier alpha value is 1.43. The molecule has 0 heterocycles. The molecule has 8 nitrogen and oxygen atoms in total. The summed E-state index contributed by atoms with van der Waals surface area (Å²) in [6.07, 6.45) is 5.32. The molecule has 0 atom stereocenters. The third-order valence-electron chi connectivity index (χ3n) is 6.06. The van der Waals surface area contributed by atoms with E-state index < -0.39 is 10.8 Å². The van der Waals surface area contributed by atoms with E-state index in [2.05, 4.69) is 50.5 Å². The maximum atomic E-state index is 10.1. The molecule has 0 fully saturated rings. The number of rotatable bonds is 34. The number of aliphatic hydroxyl groups excluding tert-OH is 2. The van der Waals surface area contributed by atoms with Gasteiger partial charge in [0.15, 0.2) is 0 Å². The molecule has 0 spiro atoms. The fourth-order valence-electron chi connectivity index (χ4n) is 3.55. The first-order chi connectivity index (χ1) is 20.1. The fraction of sp³-hybridized carbons (Fsp3) is 1.00. The van der Waals surface area contributed by atoms with Gasteiger partial charge >= 0.3 is 0 Å². The zero-order valence-corrected chi connectivity index (χ0v) is 29.3. The molecule has 0 rings (SSSR count). The van der Waals surface area contributed by atoms with Gasteiger partial charge in [0.2, 0.25) is 0 Å². The molecule has 0 aromatic heterocycles. The lowest BCUT2D eigenvalue weighted by Crippen LogP contribution is -2.41. The second-order valence-electron chi connectivity index (χ2n) is 10.3. The van der Waals surface area contributed by atoms with E-state index >= 15 is 0 Å². The number of aliphatic hydroxyl groups is 2. The summed E-state index contributed by atoms with van der Waals surface area (Å²) in [5.41, 5.74) is -1.12. The lowest BCUT2D eigenvalue weighted by atomic mass is 9.92. The van der Waals surface area contributed by atoms with Gasteiger partial charge in [-0.1, -0.05) is 0 Å². The average Bonchev–Trinajstić information content (AvgIpc) is 2.99. The van der Waals surface area contributed by atoms with Crippen LogP contribution in [0, 0.1) is 10.8 Å². The van der Waals surface area contributed by atoms with Crippen molar-refractivity contribution in [1.82, 2.24) is 0 Å². The van der Waals surface area contributed by atoms with Gasteiger partial charge in [-0.3, -0.25) is 0 Å². The first-order valence-electron chi connectivity index (χ1n) is 14.8. The molecular formula is C28H58O8S5. The van der Waals surface area contributed by atoms with Crippen LogP contribution in [0.2, 0.25) is 0 Å². The molecule has 0 aliphatic heterocycles. The SMILES string of the molecule is OCC(COCCCS)(COCCCS)COCCCSCCCOCC(CO)(COCCCS)COCCCS. The topological polar surface area (TPSA) is 95.8 Å². The lowest BCUT2D eigenvalue weighted by molar-refractivity contribution is -0.0923. The van der Waals surface area contributed by atoms with E-state index in [4.69, 9.17) is 28.4 Å². The Kier molecular flexibility index (Phi) is 32.5. The van der Waals surface area contributed by atoms with Crippen LogP contribution in [0.1, 0.15) is 38.5 Å². The number of ether oxygens (including phenoxy) is 6. The molecule has 2 N–H and O–H groups in total. The number of hydrogen-bond donors (Lipinski definition) is 6. The third kappa shape index (κ3) is 24.4. The van der Waals surface area contributed by atoms with Crippen LogP contribution in [-0.4, -0.2) is 137 Å². The van der Waals surface area contributed by atoms with E-state index in [9.17, 15) is 10.2 Å².